The largest absolute Gasteiger partial charge is 0.462 e. The number of nitrogens with zero attached hydrogens (tertiary/aromatic N) is 1. The molecular formula is C35H55NO8. The van der Waals surface area contributed by atoms with E-state index in [0.717, 1.165) is 64.2 Å². The van der Waals surface area contributed by atoms with Gasteiger partial charge in [0.25, 0.3) is 11.8 Å². The van der Waals surface area contributed by atoms with Crippen LogP contribution < -0.4 is 0 Å². The fourth-order valence-corrected chi connectivity index (χ4v) is 10.7. The summed E-state index contributed by atoms with van der Waals surface area (Å²) in [6.07, 6.45) is 11.6. The number of carbonyl (C=O) groups is 4. The van der Waals surface area contributed by atoms with Gasteiger partial charge < -0.3 is 19.8 Å². The number of aliphatic hydroxyl groups excluding tert-OH is 1. The van der Waals surface area contributed by atoms with Crippen LogP contribution in [0.4, 0.5) is 0 Å². The van der Waals surface area contributed by atoms with Crippen LogP contribution >= 0.6 is 0 Å². The number of hydroxylamine groups is 2. The number of hydrogen-bond donors (Lipinski definition) is 2. The van der Waals surface area contributed by atoms with Crippen LogP contribution in [0, 0.1) is 40.4 Å². The number of amides is 2. The van der Waals surface area contributed by atoms with Gasteiger partial charge in [0.05, 0.1) is 24.5 Å². The molecule has 2 N–H and O–H groups in total. The Labute approximate surface area is 262 Å². The van der Waals surface area contributed by atoms with Gasteiger partial charge in [-0.3, -0.25) is 14.4 Å². The topological polar surface area (TPSA) is 130 Å². The Morgan fingerprint density at radius 1 is 0.886 bits per heavy atom. The molecule has 1 saturated heterocycles. The Morgan fingerprint density at radius 2 is 1.55 bits per heavy atom. The smallest absolute Gasteiger partial charge is 0.333 e. The molecule has 44 heavy (non-hydrogen) atoms. The number of carbonyl (C=O) groups excluding carboxylic acids is 4. The average Bonchev–Trinajstić information content (AvgIpc) is 3.49. The summed E-state index contributed by atoms with van der Waals surface area (Å²) in [5.74, 6) is -0.792. The Balaban J connectivity index is 1.28. The van der Waals surface area contributed by atoms with Crippen LogP contribution in [0.2, 0.25) is 0 Å². The van der Waals surface area contributed by atoms with E-state index < -0.39 is 35.5 Å². The molecule has 0 bridgehead atoms. The quantitative estimate of drug-likeness (QED) is 0.173. The third kappa shape index (κ3) is 6.33. The summed E-state index contributed by atoms with van der Waals surface area (Å²) in [7, 11) is 0. The van der Waals surface area contributed by atoms with Gasteiger partial charge in [0, 0.05) is 18.8 Å². The number of unbranched alkanes of at least 4 members (excludes halogenated alkanes) is 3. The highest BCUT2D eigenvalue weighted by atomic mass is 16.7. The normalized spacial score (nSPS) is 39.7. The van der Waals surface area contributed by atoms with Gasteiger partial charge in [0.1, 0.15) is 6.10 Å². The maximum absolute atomic E-state index is 13.2. The second-order valence-electron chi connectivity index (χ2n) is 15.6. The minimum atomic E-state index is -0.811. The van der Waals surface area contributed by atoms with Crippen molar-refractivity contribution in [3.05, 3.63) is 0 Å². The summed E-state index contributed by atoms with van der Waals surface area (Å²) in [5, 5.41) is 23.0. The zero-order chi connectivity index (χ0) is 31.9. The van der Waals surface area contributed by atoms with E-state index in [9.17, 15) is 29.4 Å². The molecule has 5 aliphatic rings. The van der Waals surface area contributed by atoms with E-state index in [2.05, 4.69) is 27.7 Å². The lowest BCUT2D eigenvalue weighted by Gasteiger charge is -2.63. The molecule has 10 atom stereocenters. The molecule has 4 aliphatic carbocycles. The average molecular weight is 618 g/mol. The number of hydrogen-bond acceptors (Lipinski definition) is 8. The molecule has 0 unspecified atom stereocenters. The maximum atomic E-state index is 13.2. The second-order valence-corrected chi connectivity index (χ2v) is 15.6. The van der Waals surface area contributed by atoms with E-state index in [0.29, 0.717) is 29.2 Å². The highest BCUT2D eigenvalue weighted by Crippen LogP contribution is 2.69. The highest BCUT2D eigenvalue weighted by molar-refractivity contribution is 6.01. The van der Waals surface area contributed by atoms with Gasteiger partial charge in [-0.2, -0.15) is 0 Å². The lowest BCUT2D eigenvalue weighted by Crippen LogP contribution is -2.59. The standard InChI is InChI=1S/C35H55NO8/c1-5-6-7-8-17-35(4,42)28-10-9-24-23-21-27(43-31(40)13-14-32(41)44-36-29(38)11-12-30(36)39)26-20-22(37)15-18-33(26,2)25(23)16-19-34(24,28)3/h22-28,37,42H,5-21H2,1-4H3/t22-,23-,24-,25-,26+,27-,28-,33+,34-,35-/m0/s1. The third-order valence-corrected chi connectivity index (χ3v) is 12.9. The first-order valence-corrected chi connectivity index (χ1v) is 17.5. The molecule has 0 spiro atoms. The molecular weight excluding hydrogens is 562 g/mol. The fraction of sp³-hybridized carbons (Fsp3) is 0.886. The van der Waals surface area contributed by atoms with Crippen LogP contribution in [0.5, 0.6) is 0 Å². The summed E-state index contributed by atoms with van der Waals surface area (Å²) in [4.78, 5) is 54.0. The summed E-state index contributed by atoms with van der Waals surface area (Å²) in [6, 6.07) is 0. The maximum Gasteiger partial charge on any atom is 0.333 e. The van der Waals surface area contributed by atoms with E-state index >= 15 is 0 Å². The van der Waals surface area contributed by atoms with Crippen molar-refractivity contribution in [1.82, 2.24) is 5.06 Å². The molecule has 0 aromatic carbocycles. The van der Waals surface area contributed by atoms with Crippen LogP contribution in [0.25, 0.3) is 0 Å². The van der Waals surface area contributed by atoms with E-state index in [1.807, 2.05) is 0 Å². The van der Waals surface area contributed by atoms with E-state index in [1.165, 1.54) is 12.8 Å². The van der Waals surface area contributed by atoms with Gasteiger partial charge >= 0.3 is 11.9 Å². The third-order valence-electron chi connectivity index (χ3n) is 12.9. The molecule has 0 aromatic rings. The number of aliphatic hydroxyl groups is 2. The molecule has 9 heteroatoms. The Hall–Kier alpha value is -2.00. The molecule has 1 aliphatic heterocycles. The van der Waals surface area contributed by atoms with Gasteiger partial charge in [-0.05, 0) is 99.2 Å². The predicted octanol–water partition coefficient (Wildman–Crippen LogP) is 5.64. The lowest BCUT2D eigenvalue weighted by molar-refractivity contribution is -0.200. The van der Waals surface area contributed by atoms with E-state index in [4.69, 9.17) is 9.57 Å². The van der Waals surface area contributed by atoms with Crippen molar-refractivity contribution in [3.8, 4) is 0 Å². The van der Waals surface area contributed by atoms with Crippen LogP contribution in [0.3, 0.4) is 0 Å². The highest BCUT2D eigenvalue weighted by Gasteiger charge is 2.64. The number of ether oxygens (including phenoxy) is 1. The van der Waals surface area contributed by atoms with Gasteiger partial charge in [-0.25, -0.2) is 4.79 Å². The molecule has 0 aromatic heterocycles. The van der Waals surface area contributed by atoms with Crippen molar-refractivity contribution in [2.75, 3.05) is 0 Å². The Bertz CT molecular complexity index is 1090. The zero-order valence-corrected chi connectivity index (χ0v) is 27.4. The first-order chi connectivity index (χ1) is 20.8. The minimum absolute atomic E-state index is 0.0152. The van der Waals surface area contributed by atoms with Crippen molar-refractivity contribution >= 4 is 23.8 Å². The predicted molar refractivity (Wildman–Crippen MR) is 162 cm³/mol. The van der Waals surface area contributed by atoms with Crippen molar-refractivity contribution in [3.63, 3.8) is 0 Å². The van der Waals surface area contributed by atoms with Gasteiger partial charge in [-0.15, -0.1) is 5.06 Å². The van der Waals surface area contributed by atoms with Crippen LogP contribution in [0.1, 0.15) is 137 Å². The first kappa shape index (κ1) is 33.4. The molecule has 0 radical (unpaired) electrons. The van der Waals surface area contributed by atoms with Crippen LogP contribution in [-0.4, -0.2) is 56.8 Å². The number of fused-ring (bicyclic) bond motifs is 5. The van der Waals surface area contributed by atoms with Crippen molar-refractivity contribution < 1.29 is 39.0 Å². The molecule has 4 saturated carbocycles. The van der Waals surface area contributed by atoms with Gasteiger partial charge in [0.2, 0.25) is 0 Å². The molecule has 2 amide bonds. The van der Waals surface area contributed by atoms with E-state index in [1.54, 1.807) is 0 Å². The Kier molecular flexibility index (Phi) is 9.87. The molecule has 5 rings (SSSR count). The van der Waals surface area contributed by atoms with Crippen LogP contribution in [0.15, 0.2) is 0 Å². The van der Waals surface area contributed by atoms with Crippen molar-refractivity contribution in [1.29, 1.82) is 0 Å². The monoisotopic (exact) mass is 617 g/mol. The van der Waals surface area contributed by atoms with Gasteiger partial charge in [-0.1, -0.05) is 46.5 Å². The van der Waals surface area contributed by atoms with E-state index in [-0.39, 0.29) is 54.5 Å². The van der Waals surface area contributed by atoms with Crippen molar-refractivity contribution in [2.45, 2.75) is 155 Å². The summed E-state index contributed by atoms with van der Waals surface area (Å²) in [6.45, 7) is 9.03. The fourth-order valence-electron chi connectivity index (χ4n) is 10.7. The summed E-state index contributed by atoms with van der Waals surface area (Å²) in [5.41, 5.74) is -0.703. The zero-order valence-electron chi connectivity index (χ0n) is 27.4. The van der Waals surface area contributed by atoms with Crippen LogP contribution in [-0.2, 0) is 28.8 Å². The lowest BCUT2D eigenvalue weighted by atomic mass is 9.43. The number of imide groups is 1. The number of rotatable bonds is 11. The Morgan fingerprint density at radius 3 is 2.25 bits per heavy atom. The summed E-state index contributed by atoms with van der Waals surface area (Å²) < 4.78 is 6.18. The van der Waals surface area contributed by atoms with Gasteiger partial charge in [0.15, 0.2) is 0 Å². The summed E-state index contributed by atoms with van der Waals surface area (Å²) >= 11 is 0. The molecule has 1 heterocycles. The minimum Gasteiger partial charge on any atom is -0.462 e. The molecule has 5 fully saturated rings. The second kappa shape index (κ2) is 13.0. The van der Waals surface area contributed by atoms with Crippen molar-refractivity contribution in [2.24, 2.45) is 40.4 Å². The first-order valence-electron chi connectivity index (χ1n) is 17.5. The number of esters is 1. The molecule has 248 valence electrons. The SMILES string of the molecule is CCCCCC[C@](C)(O)[C@H]1CC[C@H]2[C@@H]3C[C@H](OC(=O)CCC(=O)ON4C(=O)CCC4=O)[C@H]4C[C@@H](O)CC[C@]4(C)[C@H]3CC[C@@]21C. The molecule has 9 nitrogen and oxygen atoms in total.